The lowest BCUT2D eigenvalue weighted by molar-refractivity contribution is -0.122. The van der Waals surface area contributed by atoms with Gasteiger partial charge in [-0.1, -0.05) is 27.2 Å². The Morgan fingerprint density at radius 3 is 2.44 bits per heavy atom. The highest BCUT2D eigenvalue weighted by Gasteiger charge is 2.31. The maximum atomic E-state index is 11.8. The van der Waals surface area contributed by atoms with E-state index < -0.39 is 0 Å². The van der Waals surface area contributed by atoms with Gasteiger partial charge in [0.25, 0.3) is 0 Å². The van der Waals surface area contributed by atoms with Crippen molar-refractivity contribution in [2.45, 2.75) is 59.3 Å². The molecule has 3 N–H and O–H groups in total. The fraction of sp³-hybridized carbons (Fsp3) is 0.933. The van der Waals surface area contributed by atoms with Gasteiger partial charge in [0, 0.05) is 13.0 Å². The average molecular weight is 254 g/mol. The van der Waals surface area contributed by atoms with Crippen molar-refractivity contribution in [1.29, 1.82) is 0 Å². The van der Waals surface area contributed by atoms with Gasteiger partial charge in [-0.25, -0.2) is 0 Å². The zero-order valence-corrected chi connectivity index (χ0v) is 12.3. The summed E-state index contributed by atoms with van der Waals surface area (Å²) in [5, 5.41) is 3.09. The third kappa shape index (κ3) is 4.97. The molecule has 1 rings (SSSR count). The standard InChI is InChI=1S/C15H30N2O/c1-12(2)13(7-10-16)5-6-14(18)17-11-15(3)8-4-9-15/h12-13H,4-11,16H2,1-3H3,(H,17,18). The second-order valence-electron chi connectivity index (χ2n) is 6.56. The zero-order chi connectivity index (χ0) is 13.6. The highest BCUT2D eigenvalue weighted by molar-refractivity contribution is 5.75. The molecule has 18 heavy (non-hydrogen) atoms. The molecule has 0 aliphatic heterocycles. The molecule has 1 amide bonds. The van der Waals surface area contributed by atoms with Crippen molar-refractivity contribution in [3.05, 3.63) is 0 Å². The van der Waals surface area contributed by atoms with Crippen molar-refractivity contribution >= 4 is 5.91 Å². The van der Waals surface area contributed by atoms with E-state index in [1.165, 1.54) is 19.3 Å². The van der Waals surface area contributed by atoms with Crippen LogP contribution in [0.3, 0.4) is 0 Å². The molecular weight excluding hydrogens is 224 g/mol. The van der Waals surface area contributed by atoms with Gasteiger partial charge in [0.15, 0.2) is 0 Å². The fourth-order valence-corrected chi connectivity index (χ4v) is 2.70. The lowest BCUT2D eigenvalue weighted by atomic mass is 9.70. The highest BCUT2D eigenvalue weighted by Crippen LogP contribution is 2.39. The van der Waals surface area contributed by atoms with E-state index in [0.717, 1.165) is 25.9 Å². The summed E-state index contributed by atoms with van der Waals surface area (Å²) in [5.41, 5.74) is 5.99. The summed E-state index contributed by atoms with van der Waals surface area (Å²) in [7, 11) is 0. The molecule has 0 bridgehead atoms. The van der Waals surface area contributed by atoms with Gasteiger partial charge in [-0.2, -0.15) is 0 Å². The first-order valence-electron chi connectivity index (χ1n) is 7.43. The first kappa shape index (κ1) is 15.5. The predicted molar refractivity (Wildman–Crippen MR) is 76.2 cm³/mol. The van der Waals surface area contributed by atoms with E-state index in [0.29, 0.717) is 23.7 Å². The number of hydrogen-bond donors (Lipinski definition) is 2. The Balaban J connectivity index is 2.18. The second-order valence-corrected chi connectivity index (χ2v) is 6.56. The summed E-state index contributed by atoms with van der Waals surface area (Å²) >= 11 is 0. The minimum Gasteiger partial charge on any atom is -0.356 e. The highest BCUT2D eigenvalue weighted by atomic mass is 16.1. The number of hydrogen-bond acceptors (Lipinski definition) is 2. The largest absolute Gasteiger partial charge is 0.356 e. The monoisotopic (exact) mass is 254 g/mol. The number of nitrogens with two attached hydrogens (primary N) is 1. The van der Waals surface area contributed by atoms with Crippen molar-refractivity contribution in [2.24, 2.45) is 23.0 Å². The van der Waals surface area contributed by atoms with Gasteiger partial charge in [0.1, 0.15) is 0 Å². The van der Waals surface area contributed by atoms with Gasteiger partial charge in [-0.3, -0.25) is 4.79 Å². The molecule has 106 valence electrons. The van der Waals surface area contributed by atoms with Gasteiger partial charge in [0.05, 0.1) is 0 Å². The second kappa shape index (κ2) is 7.13. The smallest absolute Gasteiger partial charge is 0.220 e. The number of carbonyl (C=O) groups is 1. The molecule has 0 aromatic carbocycles. The molecule has 1 aliphatic carbocycles. The Morgan fingerprint density at radius 2 is 2.00 bits per heavy atom. The lowest BCUT2D eigenvalue weighted by Gasteiger charge is -2.38. The normalized spacial score (nSPS) is 19.4. The Bertz CT molecular complexity index is 259. The van der Waals surface area contributed by atoms with E-state index in [4.69, 9.17) is 5.73 Å². The third-order valence-electron chi connectivity index (χ3n) is 4.50. The fourth-order valence-electron chi connectivity index (χ4n) is 2.70. The van der Waals surface area contributed by atoms with Gasteiger partial charge in [-0.05, 0) is 49.5 Å². The van der Waals surface area contributed by atoms with Crippen molar-refractivity contribution < 1.29 is 4.79 Å². The van der Waals surface area contributed by atoms with Crippen LogP contribution in [-0.4, -0.2) is 19.0 Å². The lowest BCUT2D eigenvalue weighted by Crippen LogP contribution is -2.40. The van der Waals surface area contributed by atoms with E-state index in [1.807, 2.05) is 0 Å². The molecule has 1 fully saturated rings. The van der Waals surface area contributed by atoms with Crippen LogP contribution in [-0.2, 0) is 4.79 Å². The molecule has 1 unspecified atom stereocenters. The van der Waals surface area contributed by atoms with Crippen LogP contribution in [0, 0.1) is 17.3 Å². The third-order valence-corrected chi connectivity index (χ3v) is 4.50. The minimum atomic E-state index is 0.214. The van der Waals surface area contributed by atoms with Gasteiger partial charge >= 0.3 is 0 Å². The number of rotatable bonds is 8. The van der Waals surface area contributed by atoms with E-state index in [-0.39, 0.29) is 5.91 Å². The van der Waals surface area contributed by atoms with E-state index in [1.54, 1.807) is 0 Å². The van der Waals surface area contributed by atoms with Crippen molar-refractivity contribution in [3.63, 3.8) is 0 Å². The summed E-state index contributed by atoms with van der Waals surface area (Å²) in [6, 6.07) is 0. The van der Waals surface area contributed by atoms with Gasteiger partial charge in [0.2, 0.25) is 5.91 Å². The number of nitrogens with one attached hydrogen (secondary N) is 1. The Labute approximate surface area is 112 Å². The van der Waals surface area contributed by atoms with Crippen LogP contribution in [0.5, 0.6) is 0 Å². The van der Waals surface area contributed by atoms with Crippen LogP contribution >= 0.6 is 0 Å². The predicted octanol–water partition coefficient (Wildman–Crippen LogP) is 2.69. The molecule has 3 heteroatoms. The van der Waals surface area contributed by atoms with Crippen LogP contribution in [0.1, 0.15) is 59.3 Å². The maximum absolute atomic E-state index is 11.8. The van der Waals surface area contributed by atoms with Crippen LogP contribution in [0.2, 0.25) is 0 Å². The Kier molecular flexibility index (Phi) is 6.13. The summed E-state index contributed by atoms with van der Waals surface area (Å²) < 4.78 is 0. The summed E-state index contributed by atoms with van der Waals surface area (Å²) in [4.78, 5) is 11.8. The summed E-state index contributed by atoms with van der Waals surface area (Å²) in [6.07, 6.45) is 6.49. The van der Waals surface area contributed by atoms with Crippen molar-refractivity contribution in [2.75, 3.05) is 13.1 Å². The zero-order valence-electron chi connectivity index (χ0n) is 12.3. The van der Waals surface area contributed by atoms with Crippen LogP contribution in [0.25, 0.3) is 0 Å². The molecule has 1 aliphatic rings. The number of amides is 1. The van der Waals surface area contributed by atoms with E-state index >= 15 is 0 Å². The topological polar surface area (TPSA) is 55.1 Å². The van der Waals surface area contributed by atoms with Crippen LogP contribution < -0.4 is 11.1 Å². The van der Waals surface area contributed by atoms with Crippen molar-refractivity contribution in [1.82, 2.24) is 5.32 Å². The first-order chi connectivity index (χ1) is 8.47. The molecular formula is C15H30N2O. The average Bonchev–Trinajstić information content (AvgIpc) is 2.29. The summed E-state index contributed by atoms with van der Waals surface area (Å²) in [5.74, 6) is 1.41. The molecule has 0 spiro atoms. The molecule has 0 saturated heterocycles. The van der Waals surface area contributed by atoms with Crippen molar-refractivity contribution in [3.8, 4) is 0 Å². The molecule has 0 heterocycles. The van der Waals surface area contributed by atoms with E-state index in [9.17, 15) is 4.79 Å². The summed E-state index contributed by atoms with van der Waals surface area (Å²) in [6.45, 7) is 8.28. The molecule has 3 nitrogen and oxygen atoms in total. The quantitative estimate of drug-likeness (QED) is 0.699. The SMILES string of the molecule is CC(C)C(CCN)CCC(=O)NCC1(C)CCC1. The van der Waals surface area contributed by atoms with Crippen LogP contribution in [0.15, 0.2) is 0 Å². The van der Waals surface area contributed by atoms with Gasteiger partial charge < -0.3 is 11.1 Å². The molecule has 0 radical (unpaired) electrons. The Hall–Kier alpha value is -0.570. The van der Waals surface area contributed by atoms with E-state index in [2.05, 4.69) is 26.1 Å². The van der Waals surface area contributed by atoms with Crippen LogP contribution in [0.4, 0.5) is 0 Å². The Morgan fingerprint density at radius 1 is 1.33 bits per heavy atom. The first-order valence-corrected chi connectivity index (χ1v) is 7.43. The van der Waals surface area contributed by atoms with Gasteiger partial charge in [-0.15, -0.1) is 0 Å². The number of carbonyl (C=O) groups excluding carboxylic acids is 1. The minimum absolute atomic E-state index is 0.214. The molecule has 1 atom stereocenters. The molecule has 1 saturated carbocycles. The molecule has 0 aromatic rings. The maximum Gasteiger partial charge on any atom is 0.220 e. The molecule has 0 aromatic heterocycles.